The average Bonchev–Trinajstić information content (AvgIpc) is 3.58. The fraction of sp³-hybridized carbons (Fsp3) is 0.600. The van der Waals surface area contributed by atoms with Crippen molar-refractivity contribution in [2.75, 3.05) is 39.5 Å². The standard InChI is InChI=1S/C20H29NO5.C15H21NO5/c1-15(22)21-12-4-7-20-23-13-19(14-24-20)26-18-10-8-17(9-11-18)25-16-5-2-3-6-16;1-11(17)16-8-2-3-15-19-9-14(10-20-15)21-13-6-4-12(18)5-7-13/h8-11,16,19-20H,2-7,12-14H2,1H3,(H,21,22);4-7,14-15,18H,2-3,8-10H2,1H3,(H,16,17). The molecule has 1 saturated carbocycles. The molecule has 2 heterocycles. The lowest BCUT2D eigenvalue weighted by molar-refractivity contribution is -0.213. The van der Waals surface area contributed by atoms with E-state index in [1.165, 1.54) is 26.7 Å². The fourth-order valence-corrected chi connectivity index (χ4v) is 5.29. The average molecular weight is 659 g/mol. The molecule has 3 aliphatic rings. The van der Waals surface area contributed by atoms with Crippen molar-refractivity contribution in [1.82, 2.24) is 10.6 Å². The highest BCUT2D eigenvalue weighted by atomic mass is 16.7. The van der Waals surface area contributed by atoms with Crippen LogP contribution in [0.15, 0.2) is 48.5 Å². The first-order chi connectivity index (χ1) is 22.8. The number of carbonyl (C=O) groups excluding carboxylic acids is 2. The summed E-state index contributed by atoms with van der Waals surface area (Å²) in [6, 6.07) is 14.3. The molecule has 2 aromatic carbocycles. The summed E-state index contributed by atoms with van der Waals surface area (Å²) in [7, 11) is 0. The summed E-state index contributed by atoms with van der Waals surface area (Å²) in [5.41, 5.74) is 0. The Morgan fingerprint density at radius 2 is 1.00 bits per heavy atom. The van der Waals surface area contributed by atoms with Crippen LogP contribution in [0.1, 0.15) is 65.2 Å². The predicted molar refractivity (Wildman–Crippen MR) is 173 cm³/mol. The van der Waals surface area contributed by atoms with Gasteiger partial charge >= 0.3 is 0 Å². The van der Waals surface area contributed by atoms with Crippen LogP contribution in [0, 0.1) is 0 Å². The van der Waals surface area contributed by atoms with Gasteiger partial charge in [0.25, 0.3) is 0 Å². The third-order valence-electron chi connectivity index (χ3n) is 7.72. The smallest absolute Gasteiger partial charge is 0.216 e. The molecule has 2 saturated heterocycles. The van der Waals surface area contributed by atoms with Gasteiger partial charge in [-0.3, -0.25) is 9.59 Å². The first-order valence-corrected chi connectivity index (χ1v) is 16.7. The Labute approximate surface area is 277 Å². The van der Waals surface area contributed by atoms with E-state index >= 15 is 0 Å². The summed E-state index contributed by atoms with van der Waals surface area (Å²) in [6.45, 7) is 6.23. The number of hydrogen-bond acceptors (Lipinski definition) is 10. The summed E-state index contributed by atoms with van der Waals surface area (Å²) in [5, 5.41) is 14.7. The number of aromatic hydroxyl groups is 1. The number of amides is 2. The molecule has 3 N–H and O–H groups in total. The second kappa shape index (κ2) is 19.9. The molecule has 1 aliphatic carbocycles. The van der Waals surface area contributed by atoms with Gasteiger partial charge < -0.3 is 48.9 Å². The number of nitrogens with one attached hydrogen (secondary N) is 2. The first kappa shape index (κ1) is 36.3. The van der Waals surface area contributed by atoms with Gasteiger partial charge in [-0.15, -0.1) is 0 Å². The van der Waals surface area contributed by atoms with Gasteiger partial charge in [0.15, 0.2) is 12.6 Å². The number of phenolic OH excluding ortho intramolecular Hbond substituents is 1. The van der Waals surface area contributed by atoms with Crippen LogP contribution in [0.2, 0.25) is 0 Å². The van der Waals surface area contributed by atoms with Crippen molar-refractivity contribution in [2.45, 2.75) is 96.1 Å². The van der Waals surface area contributed by atoms with Crippen LogP contribution < -0.4 is 24.8 Å². The Kier molecular flexibility index (Phi) is 15.4. The van der Waals surface area contributed by atoms with Gasteiger partial charge in [-0.25, -0.2) is 0 Å². The zero-order chi connectivity index (χ0) is 33.3. The molecule has 0 bridgehead atoms. The van der Waals surface area contributed by atoms with Crippen molar-refractivity contribution in [2.24, 2.45) is 0 Å². The first-order valence-electron chi connectivity index (χ1n) is 16.7. The van der Waals surface area contributed by atoms with Crippen LogP contribution in [0.5, 0.6) is 23.0 Å². The summed E-state index contributed by atoms with van der Waals surface area (Å²) in [6.07, 6.45) is 7.64. The molecular formula is C35H50N2O10. The highest BCUT2D eigenvalue weighted by Crippen LogP contribution is 2.26. The third kappa shape index (κ3) is 14.4. The molecule has 12 heteroatoms. The van der Waals surface area contributed by atoms with E-state index in [2.05, 4.69) is 10.6 Å². The van der Waals surface area contributed by atoms with Gasteiger partial charge in [0.1, 0.15) is 35.2 Å². The van der Waals surface area contributed by atoms with Crippen LogP contribution in [0.25, 0.3) is 0 Å². The molecule has 2 aromatic rings. The van der Waals surface area contributed by atoms with E-state index in [9.17, 15) is 14.7 Å². The van der Waals surface area contributed by atoms with Crippen molar-refractivity contribution >= 4 is 11.8 Å². The molecule has 5 rings (SSSR count). The second-order valence-corrected chi connectivity index (χ2v) is 11.9. The van der Waals surface area contributed by atoms with Crippen molar-refractivity contribution in [3.63, 3.8) is 0 Å². The Balaban J connectivity index is 0.000000218. The maximum absolute atomic E-state index is 10.8. The van der Waals surface area contributed by atoms with E-state index in [-0.39, 0.29) is 42.4 Å². The summed E-state index contributed by atoms with van der Waals surface area (Å²) in [5.74, 6) is 2.54. The maximum Gasteiger partial charge on any atom is 0.216 e. The van der Waals surface area contributed by atoms with Crippen LogP contribution in [0.3, 0.4) is 0 Å². The molecule has 260 valence electrons. The Morgan fingerprint density at radius 1 is 0.638 bits per heavy atom. The predicted octanol–water partition coefficient (Wildman–Crippen LogP) is 4.47. The van der Waals surface area contributed by atoms with Crippen molar-refractivity contribution in [1.29, 1.82) is 0 Å². The van der Waals surface area contributed by atoms with Crippen molar-refractivity contribution in [3.05, 3.63) is 48.5 Å². The number of ether oxygens (including phenoxy) is 7. The van der Waals surface area contributed by atoms with Gasteiger partial charge in [0, 0.05) is 39.8 Å². The lowest BCUT2D eigenvalue weighted by atomic mass is 10.2. The largest absolute Gasteiger partial charge is 0.508 e. The van der Waals surface area contributed by atoms with E-state index in [1.807, 2.05) is 24.3 Å². The Morgan fingerprint density at radius 3 is 1.38 bits per heavy atom. The van der Waals surface area contributed by atoms with E-state index in [0.717, 1.165) is 50.0 Å². The number of carbonyl (C=O) groups is 2. The Bertz CT molecular complexity index is 1170. The lowest BCUT2D eigenvalue weighted by Crippen LogP contribution is -2.39. The SMILES string of the molecule is CC(=O)NCCCC1OCC(Oc2ccc(O)cc2)CO1.CC(=O)NCCCC1OCC(Oc2ccc(OC3CCCC3)cc2)CO1. The van der Waals surface area contributed by atoms with Crippen LogP contribution in [0.4, 0.5) is 0 Å². The molecule has 0 aromatic heterocycles. The minimum absolute atomic E-state index is 0.0106. The second-order valence-electron chi connectivity index (χ2n) is 11.9. The maximum atomic E-state index is 10.8. The summed E-state index contributed by atoms with van der Waals surface area (Å²) < 4.78 is 40.1. The summed E-state index contributed by atoms with van der Waals surface area (Å²) >= 11 is 0. The van der Waals surface area contributed by atoms with Gasteiger partial charge in [0.05, 0.1) is 32.5 Å². The normalized spacial score (nSPS) is 22.8. The molecule has 2 aliphatic heterocycles. The van der Waals surface area contributed by atoms with Crippen LogP contribution in [-0.4, -0.2) is 87.3 Å². The van der Waals surface area contributed by atoms with Gasteiger partial charge in [-0.05, 0) is 87.1 Å². The quantitative estimate of drug-likeness (QED) is 0.249. The van der Waals surface area contributed by atoms with Crippen LogP contribution >= 0.6 is 0 Å². The molecule has 47 heavy (non-hydrogen) atoms. The number of benzene rings is 2. The van der Waals surface area contributed by atoms with Crippen molar-refractivity contribution < 1.29 is 47.9 Å². The highest BCUT2D eigenvalue weighted by Gasteiger charge is 2.24. The summed E-state index contributed by atoms with van der Waals surface area (Å²) in [4.78, 5) is 21.5. The molecule has 0 unspecified atom stereocenters. The molecular weight excluding hydrogens is 608 g/mol. The van der Waals surface area contributed by atoms with Crippen molar-refractivity contribution in [3.8, 4) is 23.0 Å². The topological polar surface area (TPSA) is 143 Å². The molecule has 2 amide bonds. The molecule has 0 atom stereocenters. The molecule has 0 radical (unpaired) electrons. The zero-order valence-corrected chi connectivity index (χ0v) is 27.5. The number of rotatable bonds is 14. The number of hydrogen-bond donors (Lipinski definition) is 3. The molecule has 3 fully saturated rings. The number of phenols is 1. The Hall–Kier alpha value is -3.58. The van der Waals surface area contributed by atoms with E-state index in [1.54, 1.807) is 24.3 Å². The van der Waals surface area contributed by atoms with E-state index in [0.29, 0.717) is 51.4 Å². The zero-order valence-electron chi connectivity index (χ0n) is 27.5. The van der Waals surface area contributed by atoms with Gasteiger partial charge in [0.2, 0.25) is 11.8 Å². The molecule has 0 spiro atoms. The monoisotopic (exact) mass is 658 g/mol. The highest BCUT2D eigenvalue weighted by molar-refractivity contribution is 5.73. The minimum atomic E-state index is -0.238. The third-order valence-corrected chi connectivity index (χ3v) is 7.72. The van der Waals surface area contributed by atoms with E-state index < -0.39 is 0 Å². The fourth-order valence-electron chi connectivity index (χ4n) is 5.29. The lowest BCUT2D eigenvalue weighted by Gasteiger charge is -2.29. The van der Waals surface area contributed by atoms with Gasteiger partial charge in [-0.2, -0.15) is 0 Å². The van der Waals surface area contributed by atoms with E-state index in [4.69, 9.17) is 33.2 Å². The van der Waals surface area contributed by atoms with Crippen LogP contribution in [-0.2, 0) is 28.5 Å². The molecule has 12 nitrogen and oxygen atoms in total. The van der Waals surface area contributed by atoms with Gasteiger partial charge in [-0.1, -0.05) is 0 Å². The minimum Gasteiger partial charge on any atom is -0.508 e.